The third-order valence-corrected chi connectivity index (χ3v) is 3.20. The largest absolute Gasteiger partial charge is 0.436 e. The molecule has 0 saturated carbocycles. The summed E-state index contributed by atoms with van der Waals surface area (Å²) >= 11 is 9.42. The van der Waals surface area contributed by atoms with Gasteiger partial charge in [0, 0.05) is 4.47 Å². The molecule has 3 N–H and O–H groups in total. The summed E-state index contributed by atoms with van der Waals surface area (Å²) in [6.07, 6.45) is 1.57. The van der Waals surface area contributed by atoms with Crippen LogP contribution in [-0.2, 0) is 0 Å². The summed E-state index contributed by atoms with van der Waals surface area (Å²) in [6, 6.07) is 5.28. The highest BCUT2D eigenvalue weighted by Crippen LogP contribution is 2.33. The Hall–Kier alpha value is -1.86. The Morgan fingerprint density at radius 3 is 3.00 bits per heavy atom. The van der Waals surface area contributed by atoms with Gasteiger partial charge in [-0.25, -0.2) is 0 Å². The van der Waals surface area contributed by atoms with E-state index in [-0.39, 0.29) is 5.95 Å². The zero-order valence-electron chi connectivity index (χ0n) is 9.39. The number of anilines is 1. The first-order valence-corrected chi connectivity index (χ1v) is 6.40. The predicted molar refractivity (Wildman–Crippen MR) is 75.3 cm³/mol. The average Bonchev–Trinajstić information content (AvgIpc) is 2.82. The van der Waals surface area contributed by atoms with Crippen LogP contribution in [0.2, 0.25) is 5.02 Å². The van der Waals surface area contributed by atoms with Crippen LogP contribution in [0.5, 0.6) is 11.6 Å². The van der Waals surface area contributed by atoms with Gasteiger partial charge in [-0.3, -0.25) is 5.10 Å². The standard InChI is InChI=1S/C11H7BrClN5O/c12-5-1-2-7(13)8(3-5)19-10-6-4-15-18-9(6)16-11(14)17-10/h1-4H,(H3,14,15,16,17,18). The van der Waals surface area contributed by atoms with E-state index in [0.717, 1.165) is 4.47 Å². The number of rotatable bonds is 2. The normalized spacial score (nSPS) is 10.8. The number of aromatic amines is 1. The maximum absolute atomic E-state index is 6.07. The molecule has 0 unspecified atom stereocenters. The molecule has 8 heteroatoms. The van der Waals surface area contributed by atoms with E-state index < -0.39 is 0 Å². The van der Waals surface area contributed by atoms with E-state index in [1.54, 1.807) is 18.3 Å². The molecular formula is C11H7BrClN5O. The average molecular weight is 341 g/mol. The summed E-state index contributed by atoms with van der Waals surface area (Å²) in [5, 5.41) is 7.69. The number of nitrogen functional groups attached to an aromatic ring is 1. The van der Waals surface area contributed by atoms with Crippen molar-refractivity contribution < 1.29 is 4.74 Å². The number of H-pyrrole nitrogens is 1. The van der Waals surface area contributed by atoms with E-state index in [1.807, 2.05) is 6.07 Å². The fraction of sp³-hybridized carbons (Fsp3) is 0. The quantitative estimate of drug-likeness (QED) is 0.748. The van der Waals surface area contributed by atoms with Crippen molar-refractivity contribution >= 4 is 44.5 Å². The summed E-state index contributed by atoms with van der Waals surface area (Å²) in [5.74, 6) is 0.866. The van der Waals surface area contributed by atoms with Crippen molar-refractivity contribution in [3.63, 3.8) is 0 Å². The number of ether oxygens (including phenoxy) is 1. The fourth-order valence-corrected chi connectivity index (χ4v) is 2.06. The highest BCUT2D eigenvalue weighted by atomic mass is 79.9. The third kappa shape index (κ3) is 2.34. The highest BCUT2D eigenvalue weighted by Gasteiger charge is 2.12. The first kappa shape index (κ1) is 12.2. The number of halogens is 2. The molecule has 2 aromatic heterocycles. The van der Waals surface area contributed by atoms with Crippen LogP contribution in [0.25, 0.3) is 11.0 Å². The lowest BCUT2D eigenvalue weighted by atomic mass is 10.3. The lowest BCUT2D eigenvalue weighted by molar-refractivity contribution is 0.469. The minimum Gasteiger partial charge on any atom is -0.436 e. The van der Waals surface area contributed by atoms with Crippen LogP contribution >= 0.6 is 27.5 Å². The van der Waals surface area contributed by atoms with Crippen molar-refractivity contribution in [3.8, 4) is 11.6 Å². The second-order valence-electron chi connectivity index (χ2n) is 3.70. The van der Waals surface area contributed by atoms with Crippen LogP contribution in [0.3, 0.4) is 0 Å². The Morgan fingerprint density at radius 2 is 2.16 bits per heavy atom. The molecule has 2 heterocycles. The summed E-state index contributed by atoms with van der Waals surface area (Å²) in [6.45, 7) is 0. The molecule has 96 valence electrons. The van der Waals surface area contributed by atoms with E-state index in [4.69, 9.17) is 22.1 Å². The third-order valence-electron chi connectivity index (χ3n) is 2.39. The monoisotopic (exact) mass is 339 g/mol. The van der Waals surface area contributed by atoms with Gasteiger partial charge in [0.25, 0.3) is 0 Å². The van der Waals surface area contributed by atoms with E-state index in [0.29, 0.717) is 27.7 Å². The Balaban J connectivity index is 2.10. The van der Waals surface area contributed by atoms with Crippen LogP contribution in [0.4, 0.5) is 5.95 Å². The van der Waals surface area contributed by atoms with E-state index in [2.05, 4.69) is 36.1 Å². The smallest absolute Gasteiger partial charge is 0.235 e. The van der Waals surface area contributed by atoms with Crippen molar-refractivity contribution in [3.05, 3.63) is 33.9 Å². The lowest BCUT2D eigenvalue weighted by Gasteiger charge is -2.08. The highest BCUT2D eigenvalue weighted by molar-refractivity contribution is 9.10. The van der Waals surface area contributed by atoms with Crippen LogP contribution in [0, 0.1) is 0 Å². The molecule has 3 rings (SSSR count). The second kappa shape index (κ2) is 4.67. The zero-order chi connectivity index (χ0) is 13.4. The SMILES string of the molecule is Nc1nc(Oc2cc(Br)ccc2Cl)c2cn[nH]c2n1. The van der Waals surface area contributed by atoms with Crippen molar-refractivity contribution in [2.75, 3.05) is 5.73 Å². The maximum atomic E-state index is 6.07. The number of fused-ring (bicyclic) bond motifs is 1. The summed E-state index contributed by atoms with van der Waals surface area (Å²) < 4.78 is 6.53. The number of nitrogens with zero attached hydrogens (tertiary/aromatic N) is 3. The lowest BCUT2D eigenvalue weighted by Crippen LogP contribution is -1.98. The number of benzene rings is 1. The number of hydrogen-bond donors (Lipinski definition) is 2. The van der Waals surface area contributed by atoms with Crippen molar-refractivity contribution in [1.82, 2.24) is 20.2 Å². The molecule has 0 saturated heterocycles. The summed E-state index contributed by atoms with van der Waals surface area (Å²) in [7, 11) is 0. The van der Waals surface area contributed by atoms with Crippen LogP contribution in [0.1, 0.15) is 0 Å². The maximum Gasteiger partial charge on any atom is 0.235 e. The Morgan fingerprint density at radius 1 is 1.32 bits per heavy atom. The molecule has 1 aromatic carbocycles. The Labute approximate surface area is 121 Å². The minimum absolute atomic E-state index is 0.0952. The Bertz CT molecular complexity index is 760. The van der Waals surface area contributed by atoms with Gasteiger partial charge >= 0.3 is 0 Å². The topological polar surface area (TPSA) is 89.7 Å². The number of hydrogen-bond acceptors (Lipinski definition) is 5. The molecule has 0 aliphatic rings. The van der Waals surface area contributed by atoms with E-state index in [9.17, 15) is 0 Å². The molecule has 3 aromatic rings. The van der Waals surface area contributed by atoms with Crippen LogP contribution < -0.4 is 10.5 Å². The van der Waals surface area contributed by atoms with Crippen LogP contribution in [0.15, 0.2) is 28.9 Å². The molecule has 0 atom stereocenters. The van der Waals surface area contributed by atoms with Gasteiger partial charge in [0.05, 0.1) is 11.2 Å². The fourth-order valence-electron chi connectivity index (χ4n) is 1.56. The molecule has 6 nitrogen and oxygen atoms in total. The van der Waals surface area contributed by atoms with Crippen molar-refractivity contribution in [1.29, 1.82) is 0 Å². The Kier molecular flexibility index (Phi) is 3.00. The number of aromatic nitrogens is 4. The van der Waals surface area contributed by atoms with Crippen molar-refractivity contribution in [2.24, 2.45) is 0 Å². The predicted octanol–water partition coefficient (Wildman–Crippen LogP) is 3.14. The van der Waals surface area contributed by atoms with Gasteiger partial charge in [-0.2, -0.15) is 15.1 Å². The molecule has 19 heavy (non-hydrogen) atoms. The zero-order valence-corrected chi connectivity index (χ0v) is 11.7. The molecule has 0 spiro atoms. The summed E-state index contributed by atoms with van der Waals surface area (Å²) in [5.41, 5.74) is 6.12. The van der Waals surface area contributed by atoms with Gasteiger partial charge < -0.3 is 10.5 Å². The van der Waals surface area contributed by atoms with Gasteiger partial charge in [-0.1, -0.05) is 27.5 Å². The van der Waals surface area contributed by atoms with Gasteiger partial charge in [-0.15, -0.1) is 0 Å². The van der Waals surface area contributed by atoms with Gasteiger partial charge in [0.15, 0.2) is 5.65 Å². The number of nitrogens with two attached hydrogens (primary N) is 1. The van der Waals surface area contributed by atoms with Gasteiger partial charge in [0.2, 0.25) is 11.8 Å². The molecule has 0 bridgehead atoms. The van der Waals surface area contributed by atoms with Gasteiger partial charge in [-0.05, 0) is 18.2 Å². The van der Waals surface area contributed by atoms with E-state index in [1.165, 1.54) is 0 Å². The molecule has 0 fully saturated rings. The van der Waals surface area contributed by atoms with Gasteiger partial charge in [0.1, 0.15) is 11.1 Å². The molecular weight excluding hydrogens is 334 g/mol. The molecule has 0 radical (unpaired) electrons. The first-order chi connectivity index (χ1) is 9.13. The van der Waals surface area contributed by atoms with Crippen molar-refractivity contribution in [2.45, 2.75) is 0 Å². The second-order valence-corrected chi connectivity index (χ2v) is 5.02. The molecule has 0 aliphatic carbocycles. The van der Waals surface area contributed by atoms with Crippen LogP contribution in [-0.4, -0.2) is 20.2 Å². The number of nitrogens with one attached hydrogen (secondary N) is 1. The summed E-state index contributed by atoms with van der Waals surface area (Å²) in [4.78, 5) is 8.05. The molecule has 0 aliphatic heterocycles. The first-order valence-electron chi connectivity index (χ1n) is 5.23. The van der Waals surface area contributed by atoms with E-state index >= 15 is 0 Å². The molecule has 0 amide bonds. The minimum atomic E-state index is 0.0952.